The Morgan fingerprint density at radius 2 is 1.92 bits per heavy atom. The maximum Gasteiger partial charge on any atom is 0.394 e. The molecule has 9 nitrogen and oxygen atoms in total. The molecule has 37 heavy (non-hydrogen) atoms. The first kappa shape index (κ1) is 26.1. The third-order valence-corrected chi connectivity index (χ3v) is 6.78. The lowest BCUT2D eigenvalue weighted by Gasteiger charge is -2.18. The van der Waals surface area contributed by atoms with Crippen LogP contribution >= 0.6 is 11.3 Å². The lowest BCUT2D eigenvalue weighted by atomic mass is 9.95. The van der Waals surface area contributed by atoms with Crippen LogP contribution in [0, 0.1) is 11.3 Å². The average molecular weight is 527 g/mol. The summed E-state index contributed by atoms with van der Waals surface area (Å²) in [6.07, 6.45) is 2.10. The van der Waals surface area contributed by atoms with Crippen LogP contribution in [0.25, 0.3) is 10.7 Å². The number of carbonyl (C=O) groups is 2. The second-order valence-electron chi connectivity index (χ2n) is 9.06. The van der Waals surface area contributed by atoms with E-state index < -0.39 is 23.5 Å². The fourth-order valence-electron chi connectivity index (χ4n) is 3.74. The molecular weight excluding hydrogens is 502 g/mol. The minimum Gasteiger partial charge on any atom is -0.433 e. The van der Waals surface area contributed by atoms with Gasteiger partial charge in [0, 0.05) is 39.0 Å². The average Bonchev–Trinajstić information content (AvgIpc) is 3.50. The van der Waals surface area contributed by atoms with E-state index in [2.05, 4.69) is 26.3 Å². The highest BCUT2D eigenvalue weighted by atomic mass is 32.1. The molecule has 0 radical (unpaired) electrons. The zero-order valence-corrected chi connectivity index (χ0v) is 21.4. The fraction of sp³-hybridized carbons (Fsp3) is 0.360. The lowest BCUT2D eigenvalue weighted by molar-refractivity contribution is -0.159. The molecule has 192 valence electrons. The van der Waals surface area contributed by atoms with E-state index in [0.29, 0.717) is 46.6 Å². The van der Waals surface area contributed by atoms with Crippen molar-refractivity contribution in [3.8, 4) is 22.5 Å². The maximum atomic E-state index is 13.6. The van der Waals surface area contributed by atoms with Gasteiger partial charge in [0.15, 0.2) is 0 Å². The molecule has 1 fully saturated rings. The van der Waals surface area contributed by atoms with Crippen LogP contribution in [0.1, 0.15) is 64.0 Å². The Morgan fingerprint density at radius 3 is 2.54 bits per heavy atom. The highest BCUT2D eigenvalue weighted by molar-refractivity contribution is 7.16. The van der Waals surface area contributed by atoms with Crippen LogP contribution in [0.5, 0.6) is 5.75 Å². The number of aromatic nitrogens is 3. The van der Waals surface area contributed by atoms with Crippen LogP contribution in [-0.2, 0) is 5.41 Å². The second kappa shape index (κ2) is 9.82. The molecule has 2 amide bonds. The van der Waals surface area contributed by atoms with E-state index in [0.717, 1.165) is 11.3 Å². The number of nitriles is 1. The molecule has 2 aromatic heterocycles. The molecule has 0 saturated heterocycles. The van der Waals surface area contributed by atoms with E-state index in [1.165, 1.54) is 41.7 Å². The number of alkyl halides is 2. The Balaban J connectivity index is 1.62. The fourth-order valence-corrected chi connectivity index (χ4v) is 4.69. The number of halogens is 2. The number of nitrogens with one attached hydrogen (secondary N) is 1. The summed E-state index contributed by atoms with van der Waals surface area (Å²) in [5, 5.41) is 12.9. The van der Waals surface area contributed by atoms with Crippen molar-refractivity contribution >= 4 is 23.2 Å². The number of hydrogen-bond acceptors (Lipinski definition) is 8. The highest BCUT2D eigenvalue weighted by Gasteiger charge is 2.45. The highest BCUT2D eigenvalue weighted by Crippen LogP contribution is 2.48. The molecule has 12 heteroatoms. The SMILES string of the molecule is C[C@H](NC(=O)c1cc(OC(C)(F)F)cc(C2(C#N)CC2)c1)c1nccnc1-c1ncc(C(=O)N(C)C)s1. The van der Waals surface area contributed by atoms with Gasteiger partial charge in [0.1, 0.15) is 21.3 Å². The van der Waals surface area contributed by atoms with Crippen molar-refractivity contribution in [2.45, 2.75) is 44.3 Å². The number of thiazole rings is 1. The molecule has 0 spiro atoms. The largest absolute Gasteiger partial charge is 0.433 e. The predicted octanol–water partition coefficient (Wildman–Crippen LogP) is 4.34. The summed E-state index contributed by atoms with van der Waals surface area (Å²) < 4.78 is 31.9. The van der Waals surface area contributed by atoms with Crippen LogP contribution < -0.4 is 10.1 Å². The number of ether oxygens (including phenoxy) is 1. The molecule has 1 aromatic carbocycles. The minimum absolute atomic E-state index is 0.0729. The first-order valence-corrected chi connectivity index (χ1v) is 12.2. The van der Waals surface area contributed by atoms with Crippen molar-refractivity contribution in [3.05, 3.63) is 58.5 Å². The first-order chi connectivity index (χ1) is 17.4. The van der Waals surface area contributed by atoms with E-state index in [1.807, 2.05) is 0 Å². The molecule has 1 N–H and O–H groups in total. The van der Waals surface area contributed by atoms with E-state index in [1.54, 1.807) is 21.0 Å². The van der Waals surface area contributed by atoms with Gasteiger partial charge >= 0.3 is 6.11 Å². The first-order valence-electron chi connectivity index (χ1n) is 11.4. The molecule has 0 unspecified atom stereocenters. The van der Waals surface area contributed by atoms with Gasteiger partial charge in [-0.2, -0.15) is 14.0 Å². The van der Waals surface area contributed by atoms with Gasteiger partial charge in [-0.15, -0.1) is 11.3 Å². The Bertz CT molecular complexity index is 1390. The zero-order valence-electron chi connectivity index (χ0n) is 20.6. The number of benzene rings is 1. The Labute approximate surface area is 216 Å². The molecule has 0 bridgehead atoms. The smallest absolute Gasteiger partial charge is 0.394 e. The molecule has 1 aliphatic carbocycles. The molecular formula is C25H24F2N6O3S. The molecule has 1 atom stereocenters. The number of hydrogen-bond donors (Lipinski definition) is 1. The molecule has 1 aliphatic rings. The molecule has 3 aromatic rings. The van der Waals surface area contributed by atoms with E-state index in [4.69, 9.17) is 4.74 Å². The standard InChI is InChI=1S/C25H24F2N6O3S/c1-14(19-20(30-8-7-29-19)22-31-12-18(37-22)23(35)33(3)4)32-21(34)15-9-16(25(13-28)5-6-25)11-17(10-15)36-24(2,26)27/h7-12,14H,5-6H2,1-4H3,(H,32,34)/t14-/m0/s1. The van der Waals surface area contributed by atoms with Crippen molar-refractivity contribution in [1.29, 1.82) is 5.26 Å². The number of rotatable bonds is 8. The van der Waals surface area contributed by atoms with Crippen LogP contribution in [0.15, 0.2) is 36.8 Å². The quantitative estimate of drug-likeness (QED) is 0.463. The van der Waals surface area contributed by atoms with E-state index >= 15 is 0 Å². The number of carbonyl (C=O) groups excluding carboxylic acids is 2. The predicted molar refractivity (Wildman–Crippen MR) is 131 cm³/mol. The number of nitrogens with zero attached hydrogens (tertiary/aromatic N) is 5. The van der Waals surface area contributed by atoms with Crippen molar-refractivity contribution in [1.82, 2.24) is 25.2 Å². The van der Waals surface area contributed by atoms with Gasteiger partial charge in [0.05, 0.1) is 29.4 Å². The number of amides is 2. The van der Waals surface area contributed by atoms with Crippen LogP contribution in [-0.4, -0.2) is 51.9 Å². The van der Waals surface area contributed by atoms with Gasteiger partial charge in [-0.3, -0.25) is 19.6 Å². The second-order valence-corrected chi connectivity index (χ2v) is 10.1. The maximum absolute atomic E-state index is 13.6. The third kappa shape index (κ3) is 5.72. The van der Waals surface area contributed by atoms with Gasteiger partial charge < -0.3 is 15.0 Å². The van der Waals surface area contributed by atoms with Crippen LogP contribution in [0.2, 0.25) is 0 Å². The van der Waals surface area contributed by atoms with Gasteiger partial charge in [0.25, 0.3) is 11.8 Å². The summed E-state index contributed by atoms with van der Waals surface area (Å²) in [6, 6.07) is 5.67. The zero-order chi connectivity index (χ0) is 27.0. The van der Waals surface area contributed by atoms with Crippen LogP contribution in [0.3, 0.4) is 0 Å². The third-order valence-electron chi connectivity index (χ3n) is 5.79. The Kier molecular flexibility index (Phi) is 6.92. The molecule has 1 saturated carbocycles. The van der Waals surface area contributed by atoms with Crippen molar-refractivity contribution < 1.29 is 23.1 Å². The summed E-state index contributed by atoms with van der Waals surface area (Å²) in [7, 11) is 3.28. The van der Waals surface area contributed by atoms with Gasteiger partial charge in [-0.25, -0.2) is 4.98 Å². The van der Waals surface area contributed by atoms with Crippen molar-refractivity contribution in [2.24, 2.45) is 0 Å². The Hall–Kier alpha value is -3.98. The van der Waals surface area contributed by atoms with Gasteiger partial charge in [-0.1, -0.05) is 0 Å². The molecule has 2 heterocycles. The summed E-state index contributed by atoms with van der Waals surface area (Å²) >= 11 is 1.15. The normalized spacial score (nSPS) is 14.8. The minimum atomic E-state index is -3.46. The lowest BCUT2D eigenvalue weighted by Crippen LogP contribution is -2.28. The Morgan fingerprint density at radius 1 is 1.22 bits per heavy atom. The summed E-state index contributed by atoms with van der Waals surface area (Å²) in [5.74, 6) is -0.964. The van der Waals surface area contributed by atoms with Crippen LogP contribution in [0.4, 0.5) is 8.78 Å². The van der Waals surface area contributed by atoms with E-state index in [-0.39, 0.29) is 17.2 Å². The topological polar surface area (TPSA) is 121 Å². The molecule has 0 aliphatic heterocycles. The van der Waals surface area contributed by atoms with Crippen molar-refractivity contribution in [3.63, 3.8) is 0 Å². The van der Waals surface area contributed by atoms with Gasteiger partial charge in [0.2, 0.25) is 0 Å². The summed E-state index contributed by atoms with van der Waals surface area (Å²) in [6.45, 7) is 2.30. The van der Waals surface area contributed by atoms with Gasteiger partial charge in [-0.05, 0) is 43.5 Å². The summed E-state index contributed by atoms with van der Waals surface area (Å²) in [4.78, 5) is 40.4. The van der Waals surface area contributed by atoms with E-state index in [9.17, 15) is 23.6 Å². The monoisotopic (exact) mass is 526 g/mol. The van der Waals surface area contributed by atoms with Crippen molar-refractivity contribution in [2.75, 3.05) is 14.1 Å². The molecule has 4 rings (SSSR count). The summed E-state index contributed by atoms with van der Waals surface area (Å²) in [5.41, 5.74) is 0.535.